The number of amides is 1. The molecule has 1 atom stereocenters. The maximum absolute atomic E-state index is 11.3. The second kappa shape index (κ2) is 3.77. The van der Waals surface area contributed by atoms with E-state index < -0.39 is 5.97 Å². The number of rotatable bonds is 2. The molecule has 1 heterocycles. The summed E-state index contributed by atoms with van der Waals surface area (Å²) in [6.07, 6.45) is 0.854. The van der Waals surface area contributed by atoms with E-state index in [1.165, 1.54) is 0 Å². The maximum atomic E-state index is 11.3. The topological polar surface area (TPSA) is 57.6 Å². The van der Waals surface area contributed by atoms with Crippen molar-refractivity contribution in [2.75, 3.05) is 6.54 Å². The second-order valence-corrected chi connectivity index (χ2v) is 3.71. The van der Waals surface area contributed by atoms with Crippen LogP contribution in [0.25, 0.3) is 0 Å². The van der Waals surface area contributed by atoms with Crippen LogP contribution in [0.3, 0.4) is 0 Å². The van der Waals surface area contributed by atoms with Crippen LogP contribution in [-0.4, -0.2) is 34.5 Å². The summed E-state index contributed by atoms with van der Waals surface area (Å²) >= 11 is 0. The highest BCUT2D eigenvalue weighted by atomic mass is 16.4. The smallest absolute Gasteiger partial charge is 0.308 e. The van der Waals surface area contributed by atoms with Crippen molar-refractivity contribution < 1.29 is 14.7 Å². The number of aliphatic carboxylic acids is 1. The summed E-state index contributed by atoms with van der Waals surface area (Å²) in [5, 5.41) is 8.79. The first-order chi connectivity index (χ1) is 6.02. The number of carboxylic acid groups (broad SMARTS) is 1. The van der Waals surface area contributed by atoms with E-state index in [2.05, 4.69) is 0 Å². The Morgan fingerprint density at radius 1 is 1.62 bits per heavy atom. The number of carbonyl (C=O) groups excluding carboxylic acids is 1. The minimum Gasteiger partial charge on any atom is -0.481 e. The fourth-order valence-electron chi connectivity index (χ4n) is 1.57. The summed E-state index contributed by atoms with van der Waals surface area (Å²) < 4.78 is 0. The van der Waals surface area contributed by atoms with Crippen LogP contribution in [0.15, 0.2) is 0 Å². The molecule has 13 heavy (non-hydrogen) atoms. The molecule has 0 aromatic carbocycles. The van der Waals surface area contributed by atoms with Gasteiger partial charge in [-0.15, -0.1) is 0 Å². The third-order valence-corrected chi connectivity index (χ3v) is 2.42. The van der Waals surface area contributed by atoms with Crippen molar-refractivity contribution in [1.82, 2.24) is 4.90 Å². The number of nitrogens with zero attached hydrogens (tertiary/aromatic N) is 1. The summed E-state index contributed by atoms with van der Waals surface area (Å²) in [5.74, 6) is -1.09. The van der Waals surface area contributed by atoms with Gasteiger partial charge in [0.25, 0.3) is 0 Å². The summed E-state index contributed by atoms with van der Waals surface area (Å²) in [4.78, 5) is 23.7. The van der Waals surface area contributed by atoms with E-state index in [-0.39, 0.29) is 17.9 Å². The first kappa shape index (κ1) is 10.0. The molecule has 74 valence electrons. The first-order valence-corrected chi connectivity index (χ1v) is 4.54. The highest BCUT2D eigenvalue weighted by Crippen LogP contribution is 2.19. The zero-order chi connectivity index (χ0) is 10.0. The van der Waals surface area contributed by atoms with Crippen LogP contribution in [-0.2, 0) is 9.59 Å². The van der Waals surface area contributed by atoms with Gasteiger partial charge < -0.3 is 10.0 Å². The van der Waals surface area contributed by atoms with Gasteiger partial charge in [0.2, 0.25) is 5.91 Å². The molecule has 0 bridgehead atoms. The zero-order valence-corrected chi connectivity index (χ0v) is 7.99. The number of hydrogen-bond acceptors (Lipinski definition) is 2. The largest absolute Gasteiger partial charge is 0.481 e. The van der Waals surface area contributed by atoms with E-state index in [1.807, 2.05) is 13.8 Å². The molecular weight excluding hydrogens is 170 g/mol. The third-order valence-electron chi connectivity index (χ3n) is 2.42. The molecule has 1 aliphatic rings. The SMILES string of the molecule is CC(C)N1CC(C(=O)O)CCC1=O. The van der Waals surface area contributed by atoms with Crippen molar-refractivity contribution in [2.45, 2.75) is 32.7 Å². The van der Waals surface area contributed by atoms with Gasteiger partial charge in [0, 0.05) is 19.0 Å². The van der Waals surface area contributed by atoms with Gasteiger partial charge in [-0.1, -0.05) is 0 Å². The van der Waals surface area contributed by atoms with Crippen molar-refractivity contribution >= 4 is 11.9 Å². The summed E-state index contributed by atoms with van der Waals surface area (Å²) in [5.41, 5.74) is 0. The van der Waals surface area contributed by atoms with Crippen LogP contribution in [0.2, 0.25) is 0 Å². The summed E-state index contributed by atoms with van der Waals surface area (Å²) in [7, 11) is 0. The van der Waals surface area contributed by atoms with Gasteiger partial charge in [-0.25, -0.2) is 0 Å². The van der Waals surface area contributed by atoms with Gasteiger partial charge in [0.15, 0.2) is 0 Å². The Balaban J connectivity index is 2.63. The Morgan fingerprint density at radius 2 is 2.23 bits per heavy atom. The van der Waals surface area contributed by atoms with Crippen LogP contribution in [0, 0.1) is 5.92 Å². The Morgan fingerprint density at radius 3 is 2.69 bits per heavy atom. The maximum Gasteiger partial charge on any atom is 0.308 e. The quantitative estimate of drug-likeness (QED) is 0.689. The van der Waals surface area contributed by atoms with Gasteiger partial charge in [0.1, 0.15) is 0 Å². The summed E-state index contributed by atoms with van der Waals surface area (Å²) in [6, 6.07) is 0.106. The van der Waals surface area contributed by atoms with Gasteiger partial charge >= 0.3 is 5.97 Å². The average Bonchev–Trinajstić information content (AvgIpc) is 2.04. The average molecular weight is 185 g/mol. The lowest BCUT2D eigenvalue weighted by Gasteiger charge is -2.33. The Kier molecular flexibility index (Phi) is 2.90. The van der Waals surface area contributed by atoms with E-state index in [0.29, 0.717) is 19.4 Å². The molecule has 1 unspecified atom stereocenters. The molecule has 0 aromatic rings. The molecule has 1 N–H and O–H groups in total. The molecule has 1 rings (SSSR count). The standard InChI is InChI=1S/C9H15NO3/c1-6(2)10-5-7(9(12)13)3-4-8(10)11/h6-7H,3-5H2,1-2H3,(H,12,13). The zero-order valence-electron chi connectivity index (χ0n) is 7.99. The van der Waals surface area contributed by atoms with E-state index in [1.54, 1.807) is 4.90 Å². The van der Waals surface area contributed by atoms with Crippen molar-refractivity contribution in [1.29, 1.82) is 0 Å². The molecule has 1 aliphatic heterocycles. The fourth-order valence-corrected chi connectivity index (χ4v) is 1.57. The molecule has 1 fully saturated rings. The Hall–Kier alpha value is -1.06. The molecule has 0 aromatic heterocycles. The first-order valence-electron chi connectivity index (χ1n) is 4.54. The molecule has 0 radical (unpaired) electrons. The highest BCUT2D eigenvalue weighted by Gasteiger charge is 2.30. The van der Waals surface area contributed by atoms with Crippen LogP contribution in [0.5, 0.6) is 0 Å². The van der Waals surface area contributed by atoms with E-state index in [0.717, 1.165) is 0 Å². The van der Waals surface area contributed by atoms with Crippen LogP contribution in [0.4, 0.5) is 0 Å². The predicted molar refractivity (Wildman–Crippen MR) is 47.2 cm³/mol. The molecule has 0 aliphatic carbocycles. The fraction of sp³-hybridized carbons (Fsp3) is 0.778. The molecule has 4 heteroatoms. The number of carbonyl (C=O) groups is 2. The van der Waals surface area contributed by atoms with Crippen molar-refractivity contribution in [3.63, 3.8) is 0 Å². The normalized spacial score (nSPS) is 23.8. The number of hydrogen-bond donors (Lipinski definition) is 1. The molecule has 4 nitrogen and oxygen atoms in total. The lowest BCUT2D eigenvalue weighted by molar-refractivity contribution is -0.148. The van der Waals surface area contributed by atoms with Crippen molar-refractivity contribution in [2.24, 2.45) is 5.92 Å². The minimum atomic E-state index is -0.793. The molecule has 1 amide bonds. The Labute approximate surface area is 77.5 Å². The van der Waals surface area contributed by atoms with Gasteiger partial charge in [-0.2, -0.15) is 0 Å². The van der Waals surface area contributed by atoms with Crippen LogP contribution >= 0.6 is 0 Å². The van der Waals surface area contributed by atoms with E-state index in [9.17, 15) is 9.59 Å². The van der Waals surface area contributed by atoms with Gasteiger partial charge in [-0.3, -0.25) is 9.59 Å². The van der Waals surface area contributed by atoms with Gasteiger partial charge in [-0.05, 0) is 20.3 Å². The van der Waals surface area contributed by atoms with E-state index in [4.69, 9.17) is 5.11 Å². The molecular formula is C9H15NO3. The summed E-state index contributed by atoms with van der Waals surface area (Å²) in [6.45, 7) is 4.18. The van der Waals surface area contributed by atoms with E-state index >= 15 is 0 Å². The predicted octanol–water partition coefficient (Wildman–Crippen LogP) is 0.718. The molecule has 0 saturated carbocycles. The monoisotopic (exact) mass is 185 g/mol. The van der Waals surface area contributed by atoms with Crippen LogP contribution < -0.4 is 0 Å². The number of likely N-dealkylation sites (tertiary alicyclic amines) is 1. The van der Waals surface area contributed by atoms with Crippen molar-refractivity contribution in [3.8, 4) is 0 Å². The highest BCUT2D eigenvalue weighted by molar-refractivity contribution is 5.80. The lowest BCUT2D eigenvalue weighted by Crippen LogP contribution is -2.46. The molecule has 1 saturated heterocycles. The third kappa shape index (κ3) is 2.20. The van der Waals surface area contributed by atoms with Crippen LogP contribution in [0.1, 0.15) is 26.7 Å². The Bertz CT molecular complexity index is 225. The van der Waals surface area contributed by atoms with Gasteiger partial charge in [0.05, 0.1) is 5.92 Å². The number of piperidine rings is 1. The lowest BCUT2D eigenvalue weighted by atomic mass is 9.97. The van der Waals surface area contributed by atoms with Crippen molar-refractivity contribution in [3.05, 3.63) is 0 Å². The molecule has 0 spiro atoms. The second-order valence-electron chi connectivity index (χ2n) is 3.71. The number of carboxylic acids is 1. The minimum absolute atomic E-state index is 0.0764.